The summed E-state index contributed by atoms with van der Waals surface area (Å²) in [5.41, 5.74) is -0.0652. The van der Waals surface area contributed by atoms with E-state index in [-0.39, 0.29) is 18.9 Å². The number of H-pyrrole nitrogens is 1. The molecule has 6 nitrogen and oxygen atoms in total. The van der Waals surface area contributed by atoms with Crippen LogP contribution in [-0.4, -0.2) is 45.2 Å². The number of hydrogen-bond acceptors (Lipinski definition) is 3. The number of likely N-dealkylation sites (tertiary alicyclic amines) is 1. The van der Waals surface area contributed by atoms with Crippen molar-refractivity contribution in [2.75, 3.05) is 13.1 Å². The highest BCUT2D eigenvalue weighted by molar-refractivity contribution is 5.80. The van der Waals surface area contributed by atoms with Gasteiger partial charge in [-0.1, -0.05) is 0 Å². The minimum absolute atomic E-state index is 0.0496. The lowest BCUT2D eigenvalue weighted by molar-refractivity contribution is -0.153. The molecule has 2 N–H and O–H groups in total. The van der Waals surface area contributed by atoms with Gasteiger partial charge in [0.1, 0.15) is 0 Å². The molecule has 0 aliphatic carbocycles. The van der Waals surface area contributed by atoms with E-state index in [1.165, 1.54) is 0 Å². The molecule has 0 saturated carbocycles. The number of carbonyl (C=O) groups is 2. The van der Waals surface area contributed by atoms with E-state index in [9.17, 15) is 14.7 Å². The molecule has 1 fully saturated rings. The fraction of sp³-hybridized carbons (Fsp3) is 0.583. The van der Waals surface area contributed by atoms with Gasteiger partial charge in [0.05, 0.1) is 11.8 Å². The maximum absolute atomic E-state index is 12.1. The lowest BCUT2D eigenvalue weighted by atomic mass is 9.82. The van der Waals surface area contributed by atoms with Gasteiger partial charge in [0.25, 0.3) is 0 Å². The van der Waals surface area contributed by atoms with E-state index in [1.807, 2.05) is 0 Å². The Hall–Kier alpha value is -1.85. The van der Waals surface area contributed by atoms with Crippen LogP contribution >= 0.6 is 0 Å². The quantitative estimate of drug-likeness (QED) is 0.826. The van der Waals surface area contributed by atoms with Crippen LogP contribution in [-0.2, 0) is 16.0 Å². The fourth-order valence-corrected chi connectivity index (χ4v) is 2.28. The molecule has 0 spiro atoms. The van der Waals surface area contributed by atoms with Crippen molar-refractivity contribution in [3.8, 4) is 0 Å². The summed E-state index contributed by atoms with van der Waals surface area (Å²) in [6.45, 7) is 2.62. The molecule has 6 heteroatoms. The van der Waals surface area contributed by atoms with Gasteiger partial charge in [-0.3, -0.25) is 14.7 Å². The number of nitrogens with one attached hydrogen (secondary N) is 1. The van der Waals surface area contributed by atoms with E-state index < -0.39 is 11.4 Å². The number of carboxylic acids is 1. The smallest absolute Gasteiger partial charge is 0.311 e. The predicted molar refractivity (Wildman–Crippen MR) is 63.8 cm³/mol. The van der Waals surface area contributed by atoms with Crippen molar-refractivity contribution in [3.63, 3.8) is 0 Å². The van der Waals surface area contributed by atoms with Crippen LogP contribution in [0.5, 0.6) is 0 Å². The molecule has 1 unspecified atom stereocenters. The molecule has 1 aliphatic heterocycles. The zero-order valence-corrected chi connectivity index (χ0v) is 10.3. The van der Waals surface area contributed by atoms with Crippen LogP contribution in [0, 0.1) is 5.41 Å². The van der Waals surface area contributed by atoms with Gasteiger partial charge < -0.3 is 10.0 Å². The van der Waals surface area contributed by atoms with Crippen LogP contribution in [0.15, 0.2) is 12.3 Å². The van der Waals surface area contributed by atoms with Crippen molar-refractivity contribution in [1.29, 1.82) is 0 Å². The van der Waals surface area contributed by atoms with Crippen molar-refractivity contribution in [2.24, 2.45) is 5.41 Å². The minimum atomic E-state index is -0.832. The summed E-state index contributed by atoms with van der Waals surface area (Å²) in [6, 6.07) is 1.75. The molecule has 98 valence electrons. The number of carboxylic acid groups (broad SMARTS) is 1. The Morgan fingerprint density at radius 1 is 1.61 bits per heavy atom. The van der Waals surface area contributed by atoms with Gasteiger partial charge in [-0.2, -0.15) is 5.10 Å². The van der Waals surface area contributed by atoms with Crippen molar-refractivity contribution in [3.05, 3.63) is 18.0 Å². The summed E-state index contributed by atoms with van der Waals surface area (Å²) in [4.78, 5) is 24.9. The second kappa shape index (κ2) is 4.80. The highest BCUT2D eigenvalue weighted by atomic mass is 16.4. The minimum Gasteiger partial charge on any atom is -0.481 e. The molecule has 1 atom stereocenters. The second-order valence-corrected chi connectivity index (χ2v) is 5.04. The van der Waals surface area contributed by atoms with Crippen molar-refractivity contribution < 1.29 is 14.7 Å². The number of amides is 1. The van der Waals surface area contributed by atoms with Gasteiger partial charge in [-0.15, -0.1) is 0 Å². The monoisotopic (exact) mass is 251 g/mol. The Bertz CT molecular complexity index is 443. The van der Waals surface area contributed by atoms with E-state index >= 15 is 0 Å². The molecule has 1 aliphatic rings. The highest BCUT2D eigenvalue weighted by Gasteiger charge is 2.39. The Morgan fingerprint density at radius 3 is 3.00 bits per heavy atom. The zero-order chi connectivity index (χ0) is 13.2. The average Bonchev–Trinajstić information content (AvgIpc) is 2.81. The number of rotatable bonds is 3. The molecule has 2 rings (SSSR count). The van der Waals surface area contributed by atoms with Crippen LogP contribution in [0.3, 0.4) is 0 Å². The number of nitrogens with zero attached hydrogens (tertiary/aromatic N) is 2. The summed E-state index contributed by atoms with van der Waals surface area (Å²) in [5.74, 6) is -0.882. The standard InChI is InChI=1S/C12H17N3O3/c1-12(11(17)18)4-2-6-15(8-12)10(16)7-9-3-5-13-14-9/h3,5H,2,4,6-8H2,1H3,(H,13,14)(H,17,18). The lowest BCUT2D eigenvalue weighted by Crippen LogP contribution is -2.48. The molecule has 1 aromatic heterocycles. The number of carbonyl (C=O) groups excluding carboxylic acids is 1. The third-order valence-electron chi connectivity index (χ3n) is 3.47. The van der Waals surface area contributed by atoms with E-state index in [0.29, 0.717) is 13.0 Å². The molecular weight excluding hydrogens is 234 g/mol. The summed E-state index contributed by atoms with van der Waals surface area (Å²) in [6.07, 6.45) is 3.20. The maximum Gasteiger partial charge on any atom is 0.311 e. The van der Waals surface area contributed by atoms with Crippen LogP contribution in [0.4, 0.5) is 0 Å². The third-order valence-corrected chi connectivity index (χ3v) is 3.47. The number of aromatic amines is 1. The average molecular weight is 251 g/mol. The van der Waals surface area contributed by atoms with E-state index in [4.69, 9.17) is 0 Å². The topological polar surface area (TPSA) is 86.3 Å². The Labute approximate surface area is 105 Å². The summed E-state index contributed by atoms with van der Waals surface area (Å²) in [7, 11) is 0. The zero-order valence-electron chi connectivity index (χ0n) is 10.3. The van der Waals surface area contributed by atoms with Crippen molar-refractivity contribution in [2.45, 2.75) is 26.2 Å². The first-order valence-corrected chi connectivity index (χ1v) is 6.01. The van der Waals surface area contributed by atoms with Gasteiger partial charge in [0.15, 0.2) is 0 Å². The van der Waals surface area contributed by atoms with Crippen LogP contribution < -0.4 is 0 Å². The molecule has 2 heterocycles. The Morgan fingerprint density at radius 2 is 2.39 bits per heavy atom. The number of piperidine rings is 1. The molecule has 0 radical (unpaired) electrons. The molecule has 0 aromatic carbocycles. The van der Waals surface area contributed by atoms with Crippen molar-refractivity contribution in [1.82, 2.24) is 15.1 Å². The van der Waals surface area contributed by atoms with E-state index in [0.717, 1.165) is 12.1 Å². The van der Waals surface area contributed by atoms with Gasteiger partial charge in [0.2, 0.25) is 5.91 Å². The largest absolute Gasteiger partial charge is 0.481 e. The Balaban J connectivity index is 2.00. The molecule has 0 bridgehead atoms. The summed E-state index contributed by atoms with van der Waals surface area (Å²) >= 11 is 0. The molecule has 1 aromatic rings. The molecule has 1 amide bonds. The predicted octanol–water partition coefficient (Wildman–Crippen LogP) is 0.665. The second-order valence-electron chi connectivity index (χ2n) is 5.04. The van der Waals surface area contributed by atoms with Crippen molar-refractivity contribution >= 4 is 11.9 Å². The van der Waals surface area contributed by atoms with Gasteiger partial charge in [0, 0.05) is 25.0 Å². The number of aliphatic carboxylic acids is 1. The number of aromatic nitrogens is 2. The highest BCUT2D eigenvalue weighted by Crippen LogP contribution is 2.29. The van der Waals surface area contributed by atoms with Gasteiger partial charge in [-0.05, 0) is 25.8 Å². The SMILES string of the molecule is CC1(C(=O)O)CCCN(C(=O)Cc2ccn[nH]2)C1. The van der Waals surface area contributed by atoms with Crippen LogP contribution in [0.1, 0.15) is 25.5 Å². The van der Waals surface area contributed by atoms with Crippen LogP contribution in [0.2, 0.25) is 0 Å². The molecule has 1 saturated heterocycles. The van der Waals surface area contributed by atoms with Crippen LogP contribution in [0.25, 0.3) is 0 Å². The Kier molecular flexibility index (Phi) is 3.36. The molecule has 18 heavy (non-hydrogen) atoms. The van der Waals surface area contributed by atoms with Gasteiger partial charge >= 0.3 is 5.97 Å². The normalized spacial score (nSPS) is 23.9. The fourth-order valence-electron chi connectivity index (χ4n) is 2.28. The summed E-state index contributed by atoms with van der Waals surface area (Å²) < 4.78 is 0. The first-order valence-electron chi connectivity index (χ1n) is 6.01. The van der Waals surface area contributed by atoms with Gasteiger partial charge in [-0.25, -0.2) is 0 Å². The first kappa shape index (κ1) is 12.6. The molecular formula is C12H17N3O3. The lowest BCUT2D eigenvalue weighted by Gasteiger charge is -2.37. The third kappa shape index (κ3) is 2.52. The van der Waals surface area contributed by atoms with E-state index in [2.05, 4.69) is 10.2 Å². The number of hydrogen-bond donors (Lipinski definition) is 2. The summed E-state index contributed by atoms with van der Waals surface area (Å²) in [5, 5.41) is 15.7. The first-order chi connectivity index (χ1) is 8.51. The maximum atomic E-state index is 12.1. The van der Waals surface area contributed by atoms with E-state index in [1.54, 1.807) is 24.1 Å².